The lowest BCUT2D eigenvalue weighted by molar-refractivity contribution is -0.135. The van der Waals surface area contributed by atoms with E-state index in [1.807, 2.05) is 19.0 Å². The van der Waals surface area contributed by atoms with Crippen molar-refractivity contribution in [1.29, 1.82) is 0 Å². The number of ether oxygens (including phenoxy) is 2. The maximum absolute atomic E-state index is 13.6. The molecule has 2 atom stereocenters. The normalized spacial score (nSPS) is 22.5. The van der Waals surface area contributed by atoms with E-state index in [1.165, 1.54) is 0 Å². The summed E-state index contributed by atoms with van der Waals surface area (Å²) >= 11 is 1.71. The van der Waals surface area contributed by atoms with E-state index < -0.39 is 10.0 Å². The topological polar surface area (TPSA) is 79.4 Å². The van der Waals surface area contributed by atoms with Crippen LogP contribution >= 0.6 is 11.8 Å². The maximum atomic E-state index is 13.6. The van der Waals surface area contributed by atoms with Crippen LogP contribution < -0.4 is 4.74 Å². The highest BCUT2D eigenvalue weighted by Crippen LogP contribution is 2.31. The number of likely N-dealkylation sites (tertiary alicyclic amines) is 1. The number of hydrogen-bond acceptors (Lipinski definition) is 7. The molecule has 3 rings (SSSR count). The van der Waals surface area contributed by atoms with Gasteiger partial charge in [0.05, 0.1) is 24.7 Å². The molecule has 1 aromatic rings. The summed E-state index contributed by atoms with van der Waals surface area (Å²) in [6, 6.07) is 3.57. The Balaban J connectivity index is 1.65. The Bertz CT molecular complexity index is 899. The van der Waals surface area contributed by atoms with Crippen LogP contribution in [-0.2, 0) is 19.6 Å². The third-order valence-electron chi connectivity index (χ3n) is 6.19. The summed E-state index contributed by atoms with van der Waals surface area (Å²) < 4.78 is 39.8. The van der Waals surface area contributed by atoms with Crippen molar-refractivity contribution < 1.29 is 22.7 Å². The van der Waals surface area contributed by atoms with Crippen LogP contribution in [0.4, 0.5) is 0 Å². The van der Waals surface area contributed by atoms with Crippen molar-refractivity contribution in [2.24, 2.45) is 0 Å². The summed E-state index contributed by atoms with van der Waals surface area (Å²) in [4.78, 5) is 16.8. The number of thioether (sulfide) groups is 1. The summed E-state index contributed by atoms with van der Waals surface area (Å²) in [5.74, 6) is 2.00. The molecule has 1 amide bonds. The zero-order valence-corrected chi connectivity index (χ0v) is 21.3. The van der Waals surface area contributed by atoms with E-state index in [-0.39, 0.29) is 25.2 Å². The van der Waals surface area contributed by atoms with Gasteiger partial charge in [-0.2, -0.15) is 16.1 Å². The van der Waals surface area contributed by atoms with Gasteiger partial charge in [0.1, 0.15) is 12.4 Å². The molecule has 0 spiro atoms. The van der Waals surface area contributed by atoms with Crippen LogP contribution in [0, 0.1) is 13.8 Å². The monoisotopic (exact) mass is 485 g/mol. The number of methoxy groups -OCH3 is 1. The number of hydrogen-bond donors (Lipinski definition) is 0. The van der Waals surface area contributed by atoms with Crippen molar-refractivity contribution in [2.45, 2.75) is 37.2 Å². The third-order valence-corrected chi connectivity index (χ3v) is 9.54. The fraction of sp³-hybridized carbons (Fsp3) is 0.682. The van der Waals surface area contributed by atoms with Crippen molar-refractivity contribution >= 4 is 27.7 Å². The van der Waals surface area contributed by atoms with Crippen molar-refractivity contribution in [3.8, 4) is 5.75 Å². The van der Waals surface area contributed by atoms with E-state index in [0.717, 1.165) is 18.7 Å². The lowest BCUT2D eigenvalue weighted by Gasteiger charge is -2.35. The van der Waals surface area contributed by atoms with Gasteiger partial charge in [-0.3, -0.25) is 4.79 Å². The molecule has 1 aromatic carbocycles. The molecule has 0 bridgehead atoms. The zero-order chi connectivity index (χ0) is 23.5. The van der Waals surface area contributed by atoms with Gasteiger partial charge in [0.25, 0.3) is 0 Å². The quantitative estimate of drug-likeness (QED) is 0.553. The first-order chi connectivity index (χ1) is 15.1. The van der Waals surface area contributed by atoms with Crippen LogP contribution in [0.3, 0.4) is 0 Å². The van der Waals surface area contributed by atoms with Crippen LogP contribution in [0.15, 0.2) is 17.0 Å². The van der Waals surface area contributed by atoms with E-state index >= 15 is 0 Å². The molecule has 180 valence electrons. The Kier molecular flexibility index (Phi) is 8.48. The molecule has 0 aromatic heterocycles. The predicted molar refractivity (Wildman–Crippen MR) is 127 cm³/mol. The van der Waals surface area contributed by atoms with Crippen LogP contribution in [-0.4, -0.2) is 106 Å². The van der Waals surface area contributed by atoms with E-state index in [9.17, 15) is 13.2 Å². The van der Waals surface area contributed by atoms with Gasteiger partial charge in [0.2, 0.25) is 15.9 Å². The molecule has 0 N–H and O–H groups in total. The van der Waals surface area contributed by atoms with E-state index in [2.05, 4.69) is 4.90 Å². The Hall–Kier alpha value is -1.33. The van der Waals surface area contributed by atoms with Gasteiger partial charge in [-0.1, -0.05) is 0 Å². The Labute approximate surface area is 196 Å². The van der Waals surface area contributed by atoms with Crippen LogP contribution in [0.2, 0.25) is 0 Å². The Morgan fingerprint density at radius 2 is 1.91 bits per heavy atom. The molecule has 0 saturated carbocycles. The second-order valence-electron chi connectivity index (χ2n) is 8.70. The van der Waals surface area contributed by atoms with Crippen molar-refractivity contribution in [1.82, 2.24) is 14.1 Å². The minimum absolute atomic E-state index is 0.0181. The lowest BCUT2D eigenvalue weighted by atomic mass is 10.1. The fourth-order valence-electron chi connectivity index (χ4n) is 4.40. The molecule has 10 heteroatoms. The summed E-state index contributed by atoms with van der Waals surface area (Å²) in [5.41, 5.74) is 1.33. The molecule has 8 nitrogen and oxygen atoms in total. The second kappa shape index (κ2) is 10.7. The van der Waals surface area contributed by atoms with Crippen LogP contribution in [0.25, 0.3) is 0 Å². The van der Waals surface area contributed by atoms with Crippen molar-refractivity contribution in [3.63, 3.8) is 0 Å². The van der Waals surface area contributed by atoms with Crippen molar-refractivity contribution in [2.75, 3.05) is 65.6 Å². The van der Waals surface area contributed by atoms with E-state index in [4.69, 9.17) is 9.47 Å². The summed E-state index contributed by atoms with van der Waals surface area (Å²) in [6.45, 7) is 5.65. The molecule has 2 aliphatic rings. The first-order valence-corrected chi connectivity index (χ1v) is 13.5. The highest BCUT2D eigenvalue weighted by atomic mass is 32.2. The average molecular weight is 486 g/mol. The number of amides is 1. The zero-order valence-electron chi connectivity index (χ0n) is 19.7. The number of sulfonamides is 1. The maximum Gasteiger partial charge on any atom is 0.248 e. The molecule has 32 heavy (non-hydrogen) atoms. The molecule has 2 unspecified atom stereocenters. The van der Waals surface area contributed by atoms with E-state index in [1.54, 1.807) is 49.2 Å². The van der Waals surface area contributed by atoms with E-state index in [0.29, 0.717) is 46.7 Å². The highest BCUT2D eigenvalue weighted by Gasteiger charge is 2.36. The molecule has 2 fully saturated rings. The Morgan fingerprint density at radius 1 is 1.22 bits per heavy atom. The number of nitrogens with zero attached hydrogens (tertiary/aromatic N) is 3. The number of rotatable bonds is 8. The molecular formula is C22H35N3O5S2. The second-order valence-corrected chi connectivity index (χ2v) is 11.7. The van der Waals surface area contributed by atoms with Crippen LogP contribution in [0.5, 0.6) is 5.75 Å². The Morgan fingerprint density at radius 3 is 2.50 bits per heavy atom. The van der Waals surface area contributed by atoms with Gasteiger partial charge >= 0.3 is 0 Å². The summed E-state index contributed by atoms with van der Waals surface area (Å²) in [6.07, 6.45) is 0.963. The molecule has 0 aliphatic carbocycles. The van der Waals surface area contributed by atoms with Gasteiger partial charge in [0.15, 0.2) is 0 Å². The number of aryl methyl sites for hydroxylation is 2. The summed E-state index contributed by atoms with van der Waals surface area (Å²) in [7, 11) is 1.92. The lowest BCUT2D eigenvalue weighted by Crippen LogP contribution is -2.49. The van der Waals surface area contributed by atoms with Crippen molar-refractivity contribution in [3.05, 3.63) is 23.3 Å². The minimum Gasteiger partial charge on any atom is -0.497 e. The van der Waals surface area contributed by atoms with Crippen LogP contribution in [0.1, 0.15) is 17.5 Å². The van der Waals surface area contributed by atoms with Gasteiger partial charge in [0, 0.05) is 37.2 Å². The molecule has 0 radical (unpaired) electrons. The number of carbonyl (C=O) groups excluding carboxylic acids is 1. The minimum atomic E-state index is -3.70. The SMILES string of the molecule is COc1cc(C)c(S(=O)(=O)N2CCSCC2COCC(=O)N2CCC(N(C)C)C2)c(C)c1. The smallest absolute Gasteiger partial charge is 0.248 e. The molecule has 2 heterocycles. The largest absolute Gasteiger partial charge is 0.497 e. The highest BCUT2D eigenvalue weighted by molar-refractivity contribution is 7.99. The third kappa shape index (κ3) is 5.59. The fourth-order valence-corrected chi connectivity index (χ4v) is 7.68. The van der Waals surface area contributed by atoms with Gasteiger partial charge in [-0.05, 0) is 57.6 Å². The first-order valence-electron chi connectivity index (χ1n) is 10.9. The molecular weight excluding hydrogens is 450 g/mol. The molecule has 2 saturated heterocycles. The van der Waals surface area contributed by atoms with Gasteiger partial charge < -0.3 is 19.3 Å². The average Bonchev–Trinajstić information content (AvgIpc) is 3.24. The van der Waals surface area contributed by atoms with Gasteiger partial charge in [-0.15, -0.1) is 0 Å². The van der Waals surface area contributed by atoms with Gasteiger partial charge in [-0.25, -0.2) is 8.42 Å². The number of carbonyl (C=O) groups is 1. The number of benzene rings is 1. The predicted octanol–water partition coefficient (Wildman–Crippen LogP) is 1.60. The first kappa shape index (κ1) is 25.3. The standard InChI is InChI=1S/C22H35N3O5S2/c1-16-10-20(29-5)11-17(2)22(16)32(27,28)25-8-9-31-15-19(25)13-30-14-21(26)24-7-6-18(12-24)23(3)4/h10-11,18-19H,6-9,12-15H2,1-5H3. The summed E-state index contributed by atoms with van der Waals surface area (Å²) in [5, 5.41) is 0. The molecule has 2 aliphatic heterocycles. The number of likely N-dealkylation sites (N-methyl/N-ethyl adjacent to an activating group) is 1.